The van der Waals surface area contributed by atoms with E-state index < -0.39 is 0 Å². The van der Waals surface area contributed by atoms with E-state index in [0.29, 0.717) is 12.8 Å². The summed E-state index contributed by atoms with van der Waals surface area (Å²) in [4.78, 5) is 11.9. The number of nitrogens with one attached hydrogen (secondary N) is 1. The summed E-state index contributed by atoms with van der Waals surface area (Å²) < 4.78 is 0. The SMILES string of the molecule is CCC(CO)NC(=O)C(C)Cc1ccc(O)c(O)c1. The molecule has 0 fully saturated rings. The van der Waals surface area contributed by atoms with Gasteiger partial charge in [-0.05, 0) is 30.5 Å². The number of benzene rings is 1. The first-order valence-electron chi connectivity index (χ1n) is 6.40. The average Bonchev–Trinajstić information content (AvgIpc) is 2.39. The van der Waals surface area contributed by atoms with E-state index in [1.165, 1.54) is 12.1 Å². The third-order valence-corrected chi connectivity index (χ3v) is 3.09. The number of hydrogen-bond donors (Lipinski definition) is 4. The first kappa shape index (κ1) is 15.3. The van der Waals surface area contributed by atoms with Gasteiger partial charge in [-0.25, -0.2) is 0 Å². The molecule has 0 radical (unpaired) electrons. The topological polar surface area (TPSA) is 89.8 Å². The van der Waals surface area contributed by atoms with Crippen LogP contribution in [0.15, 0.2) is 18.2 Å². The maximum atomic E-state index is 11.9. The predicted molar refractivity (Wildman–Crippen MR) is 71.9 cm³/mol. The van der Waals surface area contributed by atoms with Gasteiger partial charge in [0.05, 0.1) is 12.6 Å². The highest BCUT2D eigenvalue weighted by atomic mass is 16.3. The van der Waals surface area contributed by atoms with Crippen molar-refractivity contribution in [2.24, 2.45) is 5.92 Å². The van der Waals surface area contributed by atoms with Gasteiger partial charge >= 0.3 is 0 Å². The van der Waals surface area contributed by atoms with Gasteiger partial charge in [-0.15, -0.1) is 0 Å². The maximum Gasteiger partial charge on any atom is 0.223 e. The molecule has 2 unspecified atom stereocenters. The number of phenols is 2. The molecule has 0 saturated carbocycles. The molecule has 2 atom stereocenters. The van der Waals surface area contributed by atoms with Crippen molar-refractivity contribution in [1.29, 1.82) is 0 Å². The van der Waals surface area contributed by atoms with E-state index in [9.17, 15) is 15.0 Å². The Morgan fingerprint density at radius 3 is 2.53 bits per heavy atom. The van der Waals surface area contributed by atoms with Crippen molar-refractivity contribution in [3.05, 3.63) is 23.8 Å². The second-order valence-electron chi connectivity index (χ2n) is 4.72. The normalized spacial score (nSPS) is 13.8. The first-order valence-corrected chi connectivity index (χ1v) is 6.40. The van der Waals surface area contributed by atoms with E-state index in [4.69, 9.17) is 5.11 Å². The number of amides is 1. The molecule has 1 rings (SSSR count). The second-order valence-corrected chi connectivity index (χ2v) is 4.72. The molecule has 1 aromatic rings. The van der Waals surface area contributed by atoms with Gasteiger partial charge in [0.25, 0.3) is 0 Å². The summed E-state index contributed by atoms with van der Waals surface area (Å²) in [5.41, 5.74) is 0.773. The number of rotatable bonds is 6. The molecular weight excluding hydrogens is 246 g/mol. The molecule has 1 amide bonds. The van der Waals surface area contributed by atoms with Crippen molar-refractivity contribution in [1.82, 2.24) is 5.32 Å². The van der Waals surface area contributed by atoms with Gasteiger partial charge in [-0.3, -0.25) is 4.79 Å². The lowest BCUT2D eigenvalue weighted by molar-refractivity contribution is -0.125. The Labute approximate surface area is 112 Å². The number of carbonyl (C=O) groups is 1. The van der Waals surface area contributed by atoms with Gasteiger partial charge in [0.1, 0.15) is 0 Å². The molecule has 0 aromatic heterocycles. The molecule has 0 aliphatic carbocycles. The van der Waals surface area contributed by atoms with Crippen LogP contribution in [0.25, 0.3) is 0 Å². The summed E-state index contributed by atoms with van der Waals surface area (Å²) in [5.74, 6) is -0.767. The molecule has 19 heavy (non-hydrogen) atoms. The van der Waals surface area contributed by atoms with E-state index in [0.717, 1.165) is 5.56 Å². The molecular formula is C14H21NO4. The fourth-order valence-electron chi connectivity index (χ4n) is 1.76. The third kappa shape index (κ3) is 4.44. The Kier molecular flexibility index (Phi) is 5.63. The minimum Gasteiger partial charge on any atom is -0.504 e. The van der Waals surface area contributed by atoms with E-state index in [1.54, 1.807) is 13.0 Å². The van der Waals surface area contributed by atoms with Gasteiger partial charge in [0, 0.05) is 5.92 Å². The van der Waals surface area contributed by atoms with Gasteiger partial charge in [0.15, 0.2) is 11.5 Å². The van der Waals surface area contributed by atoms with Crippen LogP contribution in [-0.2, 0) is 11.2 Å². The minimum atomic E-state index is -0.274. The van der Waals surface area contributed by atoms with Crippen molar-refractivity contribution in [3.63, 3.8) is 0 Å². The first-order chi connectivity index (χ1) is 8.97. The number of aromatic hydroxyl groups is 2. The van der Waals surface area contributed by atoms with Crippen molar-refractivity contribution >= 4 is 5.91 Å². The molecule has 0 bridgehead atoms. The number of phenolic OH excluding ortho intramolecular Hbond substituents is 2. The standard InChI is InChI=1S/C14H21NO4/c1-3-11(8-16)15-14(19)9(2)6-10-4-5-12(17)13(18)7-10/h4-5,7,9,11,16-18H,3,6,8H2,1-2H3,(H,15,19). The molecule has 106 valence electrons. The van der Waals surface area contributed by atoms with Crippen LogP contribution in [0.1, 0.15) is 25.8 Å². The van der Waals surface area contributed by atoms with Crippen molar-refractivity contribution in [3.8, 4) is 11.5 Å². The van der Waals surface area contributed by atoms with Gasteiger partial charge in [-0.2, -0.15) is 0 Å². The predicted octanol–water partition coefficient (Wildman–Crippen LogP) is 1.16. The van der Waals surface area contributed by atoms with E-state index in [2.05, 4.69) is 5.32 Å². The summed E-state index contributed by atoms with van der Waals surface area (Å²) in [7, 11) is 0. The number of carbonyl (C=O) groups excluding carboxylic acids is 1. The fraction of sp³-hybridized carbons (Fsp3) is 0.500. The Morgan fingerprint density at radius 2 is 2.00 bits per heavy atom. The quantitative estimate of drug-likeness (QED) is 0.582. The number of hydrogen-bond acceptors (Lipinski definition) is 4. The van der Waals surface area contributed by atoms with Gasteiger partial charge in [0.2, 0.25) is 5.91 Å². The number of aliphatic hydroxyl groups is 1. The van der Waals surface area contributed by atoms with Gasteiger partial charge < -0.3 is 20.6 Å². The molecule has 5 heteroatoms. The molecule has 0 saturated heterocycles. The van der Waals surface area contributed by atoms with Crippen LogP contribution in [-0.4, -0.2) is 33.9 Å². The van der Waals surface area contributed by atoms with Crippen molar-refractivity contribution in [2.45, 2.75) is 32.7 Å². The van der Waals surface area contributed by atoms with Crippen LogP contribution >= 0.6 is 0 Å². The summed E-state index contributed by atoms with van der Waals surface area (Å²) in [6.45, 7) is 3.60. The number of aliphatic hydroxyl groups excluding tert-OH is 1. The summed E-state index contributed by atoms with van der Waals surface area (Å²) in [5, 5.41) is 30.4. The molecule has 5 nitrogen and oxygen atoms in total. The van der Waals surface area contributed by atoms with Crippen LogP contribution in [0.4, 0.5) is 0 Å². The van der Waals surface area contributed by atoms with Crippen LogP contribution in [0.2, 0.25) is 0 Å². The summed E-state index contributed by atoms with van der Waals surface area (Å²) in [6.07, 6.45) is 1.14. The zero-order chi connectivity index (χ0) is 14.4. The van der Waals surface area contributed by atoms with Crippen LogP contribution in [0.5, 0.6) is 11.5 Å². The Hall–Kier alpha value is -1.75. The largest absolute Gasteiger partial charge is 0.504 e. The van der Waals surface area contributed by atoms with Crippen LogP contribution < -0.4 is 5.32 Å². The molecule has 1 aromatic carbocycles. The van der Waals surface area contributed by atoms with E-state index in [1.807, 2.05) is 6.92 Å². The molecule has 4 N–H and O–H groups in total. The Bertz CT molecular complexity index is 429. The smallest absolute Gasteiger partial charge is 0.223 e. The van der Waals surface area contributed by atoms with E-state index in [-0.39, 0.29) is 36.0 Å². The fourth-order valence-corrected chi connectivity index (χ4v) is 1.76. The van der Waals surface area contributed by atoms with Gasteiger partial charge in [-0.1, -0.05) is 19.9 Å². The highest BCUT2D eigenvalue weighted by molar-refractivity contribution is 5.78. The lowest BCUT2D eigenvalue weighted by Gasteiger charge is -2.18. The molecule has 0 heterocycles. The lowest BCUT2D eigenvalue weighted by Crippen LogP contribution is -2.40. The summed E-state index contributed by atoms with van der Waals surface area (Å²) >= 11 is 0. The molecule has 0 spiro atoms. The Morgan fingerprint density at radius 1 is 1.32 bits per heavy atom. The zero-order valence-corrected chi connectivity index (χ0v) is 11.3. The summed E-state index contributed by atoms with van der Waals surface area (Å²) in [6, 6.07) is 4.30. The maximum absolute atomic E-state index is 11.9. The van der Waals surface area contributed by atoms with Crippen LogP contribution in [0, 0.1) is 5.92 Å². The van der Waals surface area contributed by atoms with Crippen molar-refractivity contribution < 1.29 is 20.1 Å². The Balaban J connectivity index is 2.60. The monoisotopic (exact) mass is 267 g/mol. The minimum absolute atomic E-state index is 0.0744. The average molecular weight is 267 g/mol. The van der Waals surface area contributed by atoms with Crippen molar-refractivity contribution in [2.75, 3.05) is 6.61 Å². The van der Waals surface area contributed by atoms with E-state index >= 15 is 0 Å². The second kappa shape index (κ2) is 6.99. The van der Waals surface area contributed by atoms with Crippen LogP contribution in [0.3, 0.4) is 0 Å². The third-order valence-electron chi connectivity index (χ3n) is 3.09. The molecule has 0 aliphatic rings. The lowest BCUT2D eigenvalue weighted by atomic mass is 9.99. The highest BCUT2D eigenvalue weighted by Crippen LogP contribution is 2.26. The zero-order valence-electron chi connectivity index (χ0n) is 11.3. The highest BCUT2D eigenvalue weighted by Gasteiger charge is 2.17. The molecule has 0 aliphatic heterocycles.